The van der Waals surface area contributed by atoms with Crippen molar-refractivity contribution in [1.82, 2.24) is 0 Å². The van der Waals surface area contributed by atoms with Crippen LogP contribution in [-0.4, -0.2) is 6.61 Å². The Morgan fingerprint density at radius 1 is 1.50 bits per heavy atom. The first-order valence-corrected chi connectivity index (χ1v) is 3.00. The summed E-state index contributed by atoms with van der Waals surface area (Å²) in [5.41, 5.74) is 0. The van der Waals surface area contributed by atoms with E-state index in [2.05, 4.69) is 4.18 Å². The molecule has 44 valence electrons. The summed E-state index contributed by atoms with van der Waals surface area (Å²) in [6, 6.07) is 0. The van der Waals surface area contributed by atoms with Crippen LogP contribution in [-0.2, 0) is 23.6 Å². The third-order valence-corrected chi connectivity index (χ3v) is 0.743. The van der Waals surface area contributed by atoms with Gasteiger partial charge in [-0.25, -0.2) is 0 Å². The van der Waals surface area contributed by atoms with Crippen LogP contribution < -0.4 is 51.4 Å². The van der Waals surface area contributed by atoms with Crippen LogP contribution in [0.3, 0.4) is 0 Å². The zero-order valence-corrected chi connectivity index (χ0v) is 8.99. The van der Waals surface area contributed by atoms with Gasteiger partial charge in [0.1, 0.15) is 0 Å². The number of rotatable bonds is 3. The Bertz CT molecular complexity index is 92.7. The monoisotopic (exact) mass is 162 g/mol. The molecule has 0 aromatic carbocycles. The molecule has 0 aliphatic carbocycles. The second-order valence-electron chi connectivity index (χ2n) is 1.03. The van der Waals surface area contributed by atoms with Gasteiger partial charge in [0.25, 0.3) is 0 Å². The molecule has 0 aliphatic heterocycles. The standard InChI is InChI=1S/C3H7O3S.K/c1-2-3-6-7(4)5;/h2-3H2,1H3;/q-1;+1. The zero-order chi connectivity index (χ0) is 5.70. The molecule has 8 heavy (non-hydrogen) atoms. The van der Waals surface area contributed by atoms with Gasteiger partial charge in [-0.3, -0.25) is 0 Å². The van der Waals surface area contributed by atoms with Gasteiger partial charge in [-0.1, -0.05) is 6.92 Å². The molecule has 3 nitrogen and oxygen atoms in total. The predicted molar refractivity (Wildman–Crippen MR) is 25.0 cm³/mol. The Hall–Kier alpha value is 1.55. The maximum absolute atomic E-state index is 9.54. The van der Waals surface area contributed by atoms with Gasteiger partial charge in [-0.05, 0) is 6.42 Å². The molecule has 0 spiro atoms. The van der Waals surface area contributed by atoms with E-state index in [9.17, 15) is 8.42 Å². The minimum absolute atomic E-state index is 0. The van der Waals surface area contributed by atoms with Crippen LogP contribution in [0.5, 0.6) is 0 Å². The van der Waals surface area contributed by atoms with Gasteiger partial charge in [0.2, 0.25) is 0 Å². The van der Waals surface area contributed by atoms with E-state index in [-0.39, 0.29) is 58.0 Å². The van der Waals surface area contributed by atoms with E-state index >= 15 is 0 Å². The summed E-state index contributed by atoms with van der Waals surface area (Å²) < 4.78 is 23.2. The number of hydrogen-bond donors (Lipinski definition) is 0. The predicted octanol–water partition coefficient (Wildman–Crippen LogP) is -2.36. The van der Waals surface area contributed by atoms with E-state index in [1.807, 2.05) is 6.92 Å². The molecule has 0 aromatic heterocycles. The van der Waals surface area contributed by atoms with Gasteiger partial charge in [0.15, 0.2) is 0 Å². The summed E-state index contributed by atoms with van der Waals surface area (Å²) in [5.74, 6) is 0. The fraction of sp³-hybridized carbons (Fsp3) is 1.00. The smallest absolute Gasteiger partial charge is 0.424 e. The van der Waals surface area contributed by atoms with E-state index in [0.717, 1.165) is 6.42 Å². The summed E-state index contributed by atoms with van der Waals surface area (Å²) >= 11 is 0. The summed E-state index contributed by atoms with van der Waals surface area (Å²) in [6.45, 7) is 2.13. The van der Waals surface area contributed by atoms with Crippen molar-refractivity contribution < 1.29 is 64.0 Å². The van der Waals surface area contributed by atoms with Crippen LogP contribution in [0.1, 0.15) is 13.3 Å². The molecule has 0 atom stereocenters. The van der Waals surface area contributed by atoms with Crippen LogP contribution in [0.25, 0.3) is 0 Å². The molecule has 5 heteroatoms. The van der Waals surface area contributed by atoms with E-state index in [0.29, 0.717) is 0 Å². The van der Waals surface area contributed by atoms with Crippen molar-refractivity contribution in [1.29, 1.82) is 0 Å². The van der Waals surface area contributed by atoms with E-state index in [1.165, 1.54) is 0 Å². The van der Waals surface area contributed by atoms with Gasteiger partial charge in [-0.15, -0.1) is 0 Å². The summed E-state index contributed by atoms with van der Waals surface area (Å²) in [5, 5.41) is 0. The fourth-order valence-corrected chi connectivity index (χ4v) is 0.454. The van der Waals surface area contributed by atoms with Crippen molar-refractivity contribution in [2.75, 3.05) is 6.61 Å². The Morgan fingerprint density at radius 2 is 2.00 bits per heavy atom. The van der Waals surface area contributed by atoms with Crippen LogP contribution in [0.2, 0.25) is 0 Å². The van der Waals surface area contributed by atoms with Gasteiger partial charge >= 0.3 is 51.4 Å². The third kappa shape index (κ3) is 10.5. The minimum Gasteiger partial charge on any atom is -0.424 e. The Balaban J connectivity index is 0. The fourth-order valence-electron chi connectivity index (χ4n) is 0.151. The molecule has 0 N–H and O–H groups in total. The molecular formula is C3H7KO3S. The van der Waals surface area contributed by atoms with E-state index in [1.54, 1.807) is 0 Å². The maximum atomic E-state index is 9.54. The van der Waals surface area contributed by atoms with Crippen molar-refractivity contribution in [2.24, 2.45) is 0 Å². The molecule has 0 fully saturated rings. The van der Waals surface area contributed by atoms with Crippen LogP contribution in [0, 0.1) is 0 Å². The zero-order valence-electron chi connectivity index (χ0n) is 5.05. The number of hydrogen-bond acceptors (Lipinski definition) is 4. The minimum atomic E-state index is -2.32. The molecule has 0 amide bonds. The molecule has 0 aromatic rings. The maximum Gasteiger partial charge on any atom is 1.00 e. The van der Waals surface area contributed by atoms with E-state index < -0.39 is 11.0 Å². The molecule has 0 rings (SSSR count). The van der Waals surface area contributed by atoms with E-state index in [4.69, 9.17) is 0 Å². The van der Waals surface area contributed by atoms with Gasteiger partial charge in [0, 0.05) is 6.61 Å². The SMILES string of the molecule is CCCO[S-](=O)=O.[K+]. The first-order valence-electron chi connectivity index (χ1n) is 2.00. The van der Waals surface area contributed by atoms with Gasteiger partial charge in [0.05, 0.1) is 11.0 Å². The van der Waals surface area contributed by atoms with Gasteiger partial charge < -0.3 is 12.6 Å². The largest absolute Gasteiger partial charge is 1.00 e. The quantitative estimate of drug-likeness (QED) is 0.344. The molecular weight excluding hydrogens is 155 g/mol. The summed E-state index contributed by atoms with van der Waals surface area (Å²) in [6.07, 6.45) is 0.730. The van der Waals surface area contributed by atoms with Crippen LogP contribution in [0.15, 0.2) is 0 Å². The first-order chi connectivity index (χ1) is 3.27. The Morgan fingerprint density at radius 3 is 2.12 bits per heavy atom. The van der Waals surface area contributed by atoms with Crippen molar-refractivity contribution in [3.8, 4) is 0 Å². The molecule has 0 heterocycles. The van der Waals surface area contributed by atoms with Crippen molar-refractivity contribution >= 4 is 11.0 Å². The van der Waals surface area contributed by atoms with Crippen LogP contribution >= 0.6 is 0 Å². The topological polar surface area (TPSA) is 43.4 Å². The average molecular weight is 162 g/mol. The van der Waals surface area contributed by atoms with Crippen molar-refractivity contribution in [3.05, 3.63) is 0 Å². The first kappa shape index (κ1) is 12.2. The molecule has 0 aliphatic rings. The average Bonchev–Trinajstić information content (AvgIpc) is 1.61. The second kappa shape index (κ2) is 8.55. The summed E-state index contributed by atoms with van der Waals surface area (Å²) in [7, 11) is -2.32. The molecule has 0 saturated heterocycles. The third-order valence-electron chi connectivity index (χ3n) is 0.384. The molecule has 0 radical (unpaired) electrons. The van der Waals surface area contributed by atoms with Crippen molar-refractivity contribution in [3.63, 3.8) is 0 Å². The molecule has 0 bridgehead atoms. The second-order valence-corrected chi connectivity index (χ2v) is 1.67. The van der Waals surface area contributed by atoms with Crippen molar-refractivity contribution in [2.45, 2.75) is 13.3 Å². The normalized spacial score (nSPS) is 8.75. The molecule has 0 saturated carbocycles. The van der Waals surface area contributed by atoms with Crippen LogP contribution in [0.4, 0.5) is 0 Å². The summed E-state index contributed by atoms with van der Waals surface area (Å²) in [4.78, 5) is 0. The van der Waals surface area contributed by atoms with Gasteiger partial charge in [-0.2, -0.15) is 0 Å². The molecule has 0 unspecified atom stereocenters. The Labute approximate surface area is 93.4 Å². The Kier molecular flexibility index (Phi) is 13.1.